The Morgan fingerprint density at radius 2 is 1.76 bits per heavy atom. The third-order valence-electron chi connectivity index (χ3n) is 5.29. The van der Waals surface area contributed by atoms with Crippen molar-refractivity contribution in [1.29, 1.82) is 0 Å². The third-order valence-corrected chi connectivity index (χ3v) is 5.29. The first kappa shape index (κ1) is 21.3. The highest BCUT2D eigenvalue weighted by Gasteiger charge is 2.16. The zero-order valence-corrected chi connectivity index (χ0v) is 17.7. The van der Waals surface area contributed by atoms with Gasteiger partial charge in [-0.1, -0.05) is 54.1 Å². The van der Waals surface area contributed by atoms with E-state index in [0.717, 1.165) is 51.5 Å². The Morgan fingerprint density at radius 3 is 2.45 bits per heavy atom. The number of guanidine groups is 1. The number of rotatable bonds is 7. The first-order chi connectivity index (χ1) is 14.1. The average molecular weight is 395 g/mol. The maximum atomic E-state index is 9.64. The summed E-state index contributed by atoms with van der Waals surface area (Å²) in [5.41, 5.74) is 5.04. The number of aryl methyl sites for hydroxylation is 1. The fraction of sp³-hybridized carbons (Fsp3) is 0.458. The standard InChI is InChI=1S/C24H34N4O/c1-3-25-24(27-17-22-6-4-5-19(2)15-22)26-16-20-7-9-21(10-8-20)18-28-13-11-23(29)12-14-28/h4-10,15,23,29H,3,11-14,16-18H2,1-2H3,(H2,25,26,27). The highest BCUT2D eigenvalue weighted by molar-refractivity contribution is 5.79. The summed E-state index contributed by atoms with van der Waals surface area (Å²) in [6.07, 6.45) is 1.66. The average Bonchev–Trinajstić information content (AvgIpc) is 2.73. The molecule has 0 bridgehead atoms. The first-order valence-electron chi connectivity index (χ1n) is 10.7. The van der Waals surface area contributed by atoms with Crippen molar-refractivity contribution in [2.45, 2.75) is 52.4 Å². The summed E-state index contributed by atoms with van der Waals surface area (Å²) in [6, 6.07) is 17.3. The van der Waals surface area contributed by atoms with E-state index < -0.39 is 0 Å². The third kappa shape index (κ3) is 7.18. The molecule has 1 aliphatic heterocycles. The van der Waals surface area contributed by atoms with E-state index in [1.165, 1.54) is 22.3 Å². The van der Waals surface area contributed by atoms with Gasteiger partial charge in [-0.2, -0.15) is 0 Å². The molecule has 0 spiro atoms. The van der Waals surface area contributed by atoms with Gasteiger partial charge in [0, 0.05) is 32.7 Å². The monoisotopic (exact) mass is 394 g/mol. The minimum Gasteiger partial charge on any atom is -0.393 e. The van der Waals surface area contributed by atoms with Crippen molar-refractivity contribution in [3.8, 4) is 0 Å². The molecule has 3 rings (SSSR count). The fourth-order valence-corrected chi connectivity index (χ4v) is 3.61. The lowest BCUT2D eigenvalue weighted by Gasteiger charge is -2.29. The second-order valence-electron chi connectivity index (χ2n) is 7.86. The summed E-state index contributed by atoms with van der Waals surface area (Å²) < 4.78 is 0. The summed E-state index contributed by atoms with van der Waals surface area (Å²) in [4.78, 5) is 7.13. The van der Waals surface area contributed by atoms with Gasteiger partial charge in [0.15, 0.2) is 5.96 Å². The molecule has 2 aromatic rings. The predicted octanol–water partition coefficient (Wildman–Crippen LogP) is 3.21. The summed E-state index contributed by atoms with van der Waals surface area (Å²) >= 11 is 0. The number of aliphatic hydroxyl groups is 1. The van der Waals surface area contributed by atoms with Gasteiger partial charge in [-0.25, -0.2) is 4.99 Å². The highest BCUT2D eigenvalue weighted by Crippen LogP contribution is 2.14. The van der Waals surface area contributed by atoms with E-state index in [1.54, 1.807) is 0 Å². The Bertz CT molecular complexity index is 780. The predicted molar refractivity (Wildman–Crippen MR) is 120 cm³/mol. The van der Waals surface area contributed by atoms with Crippen molar-refractivity contribution >= 4 is 5.96 Å². The number of aliphatic imine (C=N–C) groups is 1. The molecular formula is C24H34N4O. The summed E-state index contributed by atoms with van der Waals surface area (Å²) in [5.74, 6) is 0.838. The van der Waals surface area contributed by atoms with Crippen molar-refractivity contribution in [3.05, 3.63) is 70.8 Å². The van der Waals surface area contributed by atoms with Gasteiger partial charge in [0.1, 0.15) is 0 Å². The molecule has 1 fully saturated rings. The van der Waals surface area contributed by atoms with Crippen LogP contribution in [0.25, 0.3) is 0 Å². The van der Waals surface area contributed by atoms with E-state index >= 15 is 0 Å². The Balaban J connectivity index is 1.50. The molecule has 5 nitrogen and oxygen atoms in total. The van der Waals surface area contributed by atoms with Crippen molar-refractivity contribution in [1.82, 2.24) is 15.5 Å². The van der Waals surface area contributed by atoms with Gasteiger partial charge in [-0.3, -0.25) is 4.90 Å². The van der Waals surface area contributed by atoms with Gasteiger partial charge >= 0.3 is 0 Å². The lowest BCUT2D eigenvalue weighted by atomic mass is 10.1. The molecule has 29 heavy (non-hydrogen) atoms. The number of benzene rings is 2. The molecule has 5 heteroatoms. The van der Waals surface area contributed by atoms with E-state index in [0.29, 0.717) is 6.54 Å². The van der Waals surface area contributed by atoms with Gasteiger partial charge in [-0.05, 0) is 43.4 Å². The van der Waals surface area contributed by atoms with Crippen LogP contribution >= 0.6 is 0 Å². The second kappa shape index (κ2) is 11.0. The maximum Gasteiger partial charge on any atom is 0.191 e. The molecule has 1 saturated heterocycles. The Kier molecular flexibility index (Phi) is 8.08. The second-order valence-corrected chi connectivity index (χ2v) is 7.86. The van der Waals surface area contributed by atoms with Gasteiger partial charge in [0.05, 0.1) is 12.6 Å². The van der Waals surface area contributed by atoms with Crippen LogP contribution in [0.1, 0.15) is 42.0 Å². The molecule has 0 unspecified atom stereocenters. The van der Waals surface area contributed by atoms with E-state index in [-0.39, 0.29) is 6.10 Å². The highest BCUT2D eigenvalue weighted by atomic mass is 16.3. The van der Waals surface area contributed by atoms with Gasteiger partial charge in [0.2, 0.25) is 0 Å². The molecule has 1 heterocycles. The molecule has 0 aromatic heterocycles. The lowest BCUT2D eigenvalue weighted by molar-refractivity contribution is 0.0792. The van der Waals surface area contributed by atoms with Crippen molar-refractivity contribution in [2.75, 3.05) is 19.6 Å². The summed E-state index contributed by atoms with van der Waals surface area (Å²) in [6.45, 7) is 9.36. The lowest BCUT2D eigenvalue weighted by Crippen LogP contribution is -2.36. The zero-order chi connectivity index (χ0) is 20.5. The summed E-state index contributed by atoms with van der Waals surface area (Å²) in [5, 5.41) is 16.4. The Hall–Kier alpha value is -2.37. The molecule has 0 amide bonds. The normalized spacial score (nSPS) is 16.0. The molecule has 2 aromatic carbocycles. The Morgan fingerprint density at radius 1 is 1.03 bits per heavy atom. The molecule has 1 aliphatic rings. The van der Waals surface area contributed by atoms with Gasteiger partial charge in [-0.15, -0.1) is 0 Å². The van der Waals surface area contributed by atoms with Crippen LogP contribution in [0.3, 0.4) is 0 Å². The molecular weight excluding hydrogens is 360 g/mol. The maximum absolute atomic E-state index is 9.64. The summed E-state index contributed by atoms with van der Waals surface area (Å²) in [7, 11) is 0. The van der Waals surface area contributed by atoms with E-state index in [1.807, 2.05) is 0 Å². The van der Waals surface area contributed by atoms with Gasteiger partial charge < -0.3 is 15.7 Å². The van der Waals surface area contributed by atoms with Crippen LogP contribution in [0.4, 0.5) is 0 Å². The van der Waals surface area contributed by atoms with Crippen molar-refractivity contribution in [2.24, 2.45) is 4.99 Å². The van der Waals surface area contributed by atoms with Crippen LogP contribution in [0.15, 0.2) is 53.5 Å². The molecule has 156 valence electrons. The number of hydrogen-bond acceptors (Lipinski definition) is 3. The number of aliphatic hydroxyl groups excluding tert-OH is 1. The van der Waals surface area contributed by atoms with Crippen LogP contribution < -0.4 is 10.6 Å². The Labute approximate surface area is 174 Å². The molecule has 0 atom stereocenters. The van der Waals surface area contributed by atoms with Gasteiger partial charge in [0.25, 0.3) is 0 Å². The van der Waals surface area contributed by atoms with E-state index in [4.69, 9.17) is 4.99 Å². The minimum absolute atomic E-state index is 0.113. The van der Waals surface area contributed by atoms with Crippen LogP contribution in [-0.4, -0.2) is 41.7 Å². The SMILES string of the molecule is CCNC(=NCc1cccc(C)c1)NCc1ccc(CN2CCC(O)CC2)cc1. The molecule has 0 aliphatic carbocycles. The number of piperidine rings is 1. The van der Waals surface area contributed by atoms with Crippen LogP contribution in [0.5, 0.6) is 0 Å². The quantitative estimate of drug-likeness (QED) is 0.499. The van der Waals surface area contributed by atoms with Crippen LogP contribution in [0, 0.1) is 6.92 Å². The largest absolute Gasteiger partial charge is 0.393 e. The molecule has 3 N–H and O–H groups in total. The topological polar surface area (TPSA) is 59.9 Å². The number of nitrogens with zero attached hydrogens (tertiary/aromatic N) is 2. The molecule has 0 radical (unpaired) electrons. The van der Waals surface area contributed by atoms with E-state index in [9.17, 15) is 5.11 Å². The van der Waals surface area contributed by atoms with Crippen molar-refractivity contribution in [3.63, 3.8) is 0 Å². The number of likely N-dealkylation sites (tertiary alicyclic amines) is 1. The first-order valence-corrected chi connectivity index (χ1v) is 10.7. The zero-order valence-electron chi connectivity index (χ0n) is 17.7. The number of nitrogens with one attached hydrogen (secondary N) is 2. The molecule has 0 saturated carbocycles. The minimum atomic E-state index is -0.113. The van der Waals surface area contributed by atoms with Crippen molar-refractivity contribution < 1.29 is 5.11 Å². The van der Waals surface area contributed by atoms with Crippen LogP contribution in [0.2, 0.25) is 0 Å². The van der Waals surface area contributed by atoms with Crippen LogP contribution in [-0.2, 0) is 19.6 Å². The van der Waals surface area contributed by atoms with E-state index in [2.05, 4.69) is 77.9 Å². The fourth-order valence-electron chi connectivity index (χ4n) is 3.61. The number of hydrogen-bond donors (Lipinski definition) is 3. The smallest absolute Gasteiger partial charge is 0.191 e.